The van der Waals surface area contributed by atoms with Crippen LogP contribution in [0, 0.1) is 5.82 Å². The first-order valence-corrected chi connectivity index (χ1v) is 7.32. The Morgan fingerprint density at radius 2 is 2.18 bits per heavy atom. The predicted molar refractivity (Wildman–Crippen MR) is 87.0 cm³/mol. The molecule has 0 aliphatic heterocycles. The van der Waals surface area contributed by atoms with E-state index in [0.717, 1.165) is 4.47 Å². The summed E-state index contributed by atoms with van der Waals surface area (Å²) in [7, 11) is 0. The average molecular weight is 384 g/mol. The van der Waals surface area contributed by atoms with Gasteiger partial charge < -0.3 is 16.0 Å². The largest absolute Gasteiger partial charge is 0.366 e. The normalized spacial score (nSPS) is 10.9. The van der Waals surface area contributed by atoms with Crippen molar-refractivity contribution in [1.29, 1.82) is 0 Å². The number of primary amides is 1. The number of hydrogen-bond donors (Lipinski definition) is 3. The van der Waals surface area contributed by atoms with Crippen LogP contribution in [0.4, 0.5) is 15.8 Å². The Morgan fingerprint density at radius 3 is 2.86 bits per heavy atom. The molecule has 1 heterocycles. The third-order valence-electron chi connectivity index (χ3n) is 3.11. The van der Waals surface area contributed by atoms with Gasteiger partial charge in [-0.3, -0.25) is 4.79 Å². The number of benzene rings is 2. The zero-order chi connectivity index (χ0) is 15.9. The Morgan fingerprint density at radius 1 is 1.41 bits per heavy atom. The van der Waals surface area contributed by atoms with Crippen LogP contribution in [-0.4, -0.2) is 15.9 Å². The molecule has 4 N–H and O–H groups in total. The number of rotatable bonds is 3. The van der Waals surface area contributed by atoms with E-state index in [1.54, 1.807) is 18.2 Å². The zero-order valence-electron chi connectivity index (χ0n) is 11.0. The molecule has 0 saturated carbocycles. The predicted octanol–water partition coefficient (Wildman–Crippen LogP) is 3.96. The highest BCUT2D eigenvalue weighted by Gasteiger charge is 2.19. The molecule has 1 amide bonds. The number of imidazole rings is 1. The van der Waals surface area contributed by atoms with E-state index in [2.05, 4.69) is 31.2 Å². The van der Waals surface area contributed by atoms with Crippen molar-refractivity contribution in [1.82, 2.24) is 9.97 Å². The van der Waals surface area contributed by atoms with E-state index < -0.39 is 11.7 Å². The number of H-pyrrole nitrogens is 1. The van der Waals surface area contributed by atoms with Gasteiger partial charge in [-0.15, -0.1) is 0 Å². The third kappa shape index (κ3) is 2.53. The van der Waals surface area contributed by atoms with Crippen molar-refractivity contribution in [3.05, 3.63) is 51.5 Å². The Kier molecular flexibility index (Phi) is 3.76. The van der Waals surface area contributed by atoms with Gasteiger partial charge in [0.05, 0.1) is 33.8 Å². The van der Waals surface area contributed by atoms with Gasteiger partial charge >= 0.3 is 0 Å². The van der Waals surface area contributed by atoms with Crippen molar-refractivity contribution in [2.45, 2.75) is 0 Å². The average Bonchev–Trinajstić information content (AvgIpc) is 2.92. The first-order valence-electron chi connectivity index (χ1n) is 6.15. The summed E-state index contributed by atoms with van der Waals surface area (Å²) in [4.78, 5) is 18.3. The number of nitrogens with two attached hydrogens (primary N) is 1. The van der Waals surface area contributed by atoms with Gasteiger partial charge in [-0.2, -0.15) is 0 Å². The topological polar surface area (TPSA) is 83.8 Å². The van der Waals surface area contributed by atoms with E-state index in [1.807, 2.05) is 0 Å². The number of carbonyl (C=O) groups excluding carboxylic acids is 1. The summed E-state index contributed by atoms with van der Waals surface area (Å²) in [6, 6.07) is 6.50. The molecular weight excluding hydrogens is 375 g/mol. The highest BCUT2D eigenvalue weighted by atomic mass is 79.9. The number of nitrogens with zero attached hydrogens (tertiary/aromatic N) is 1. The minimum atomic E-state index is -0.758. The van der Waals surface area contributed by atoms with E-state index in [-0.39, 0.29) is 16.8 Å². The Balaban J connectivity index is 2.18. The summed E-state index contributed by atoms with van der Waals surface area (Å²) in [5.74, 6) is -1.43. The van der Waals surface area contributed by atoms with Gasteiger partial charge in [-0.05, 0) is 24.3 Å². The minimum Gasteiger partial charge on any atom is -0.366 e. The van der Waals surface area contributed by atoms with E-state index in [0.29, 0.717) is 16.2 Å². The smallest absolute Gasteiger partial charge is 0.251 e. The second-order valence-electron chi connectivity index (χ2n) is 4.53. The Bertz CT molecular complexity index is 896. The number of aromatic amines is 1. The van der Waals surface area contributed by atoms with Crippen LogP contribution < -0.4 is 11.1 Å². The fourth-order valence-electron chi connectivity index (χ4n) is 2.08. The number of amides is 1. The SMILES string of the molecule is NC(=O)c1cc2[nH]cnc2c(F)c1Nc1ccc(Br)cc1Cl. The maximum absolute atomic E-state index is 14.6. The minimum absolute atomic E-state index is 0.00763. The van der Waals surface area contributed by atoms with Crippen molar-refractivity contribution in [2.75, 3.05) is 5.32 Å². The van der Waals surface area contributed by atoms with Crippen LogP contribution in [0.15, 0.2) is 35.1 Å². The van der Waals surface area contributed by atoms with E-state index >= 15 is 0 Å². The summed E-state index contributed by atoms with van der Waals surface area (Å²) >= 11 is 9.39. The second-order valence-corrected chi connectivity index (χ2v) is 5.85. The molecule has 3 aromatic rings. The fourth-order valence-corrected chi connectivity index (χ4v) is 2.81. The summed E-state index contributed by atoms with van der Waals surface area (Å²) in [5, 5.41) is 3.18. The molecule has 0 spiro atoms. The van der Waals surface area contributed by atoms with E-state index in [1.165, 1.54) is 12.4 Å². The number of halogens is 3. The summed E-state index contributed by atoms with van der Waals surface area (Å²) in [6.45, 7) is 0. The summed E-state index contributed by atoms with van der Waals surface area (Å²) in [5.41, 5.74) is 6.23. The molecule has 112 valence electrons. The highest BCUT2D eigenvalue weighted by Crippen LogP contribution is 2.33. The monoisotopic (exact) mass is 382 g/mol. The van der Waals surface area contributed by atoms with E-state index in [9.17, 15) is 9.18 Å². The third-order valence-corrected chi connectivity index (χ3v) is 3.92. The molecule has 0 fully saturated rings. The van der Waals surface area contributed by atoms with Gasteiger partial charge in [-0.25, -0.2) is 9.37 Å². The summed E-state index contributed by atoms with van der Waals surface area (Å²) < 4.78 is 15.4. The molecule has 0 unspecified atom stereocenters. The number of nitrogens with one attached hydrogen (secondary N) is 2. The quantitative estimate of drug-likeness (QED) is 0.640. The molecule has 2 aromatic carbocycles. The van der Waals surface area contributed by atoms with Gasteiger partial charge in [-0.1, -0.05) is 27.5 Å². The number of aromatic nitrogens is 2. The zero-order valence-corrected chi connectivity index (χ0v) is 13.3. The fraction of sp³-hybridized carbons (Fsp3) is 0. The molecule has 0 atom stereocenters. The lowest BCUT2D eigenvalue weighted by molar-refractivity contribution is 0.100. The van der Waals surface area contributed by atoms with Crippen LogP contribution in [0.5, 0.6) is 0 Å². The summed E-state index contributed by atoms with van der Waals surface area (Å²) in [6.07, 6.45) is 1.34. The number of fused-ring (bicyclic) bond motifs is 1. The molecule has 22 heavy (non-hydrogen) atoms. The first kappa shape index (κ1) is 14.8. The van der Waals surface area contributed by atoms with Gasteiger partial charge in [0.25, 0.3) is 5.91 Å². The van der Waals surface area contributed by atoms with Crippen LogP contribution in [-0.2, 0) is 0 Å². The van der Waals surface area contributed by atoms with Crippen molar-refractivity contribution < 1.29 is 9.18 Å². The van der Waals surface area contributed by atoms with E-state index in [4.69, 9.17) is 17.3 Å². The molecule has 0 aliphatic rings. The Labute approximate surface area is 137 Å². The van der Waals surface area contributed by atoms with Crippen LogP contribution in [0.1, 0.15) is 10.4 Å². The molecule has 5 nitrogen and oxygen atoms in total. The molecule has 0 aliphatic carbocycles. The highest BCUT2D eigenvalue weighted by molar-refractivity contribution is 9.10. The van der Waals surface area contributed by atoms with Crippen LogP contribution >= 0.6 is 27.5 Å². The number of carbonyl (C=O) groups is 1. The molecule has 0 saturated heterocycles. The van der Waals surface area contributed by atoms with Crippen molar-refractivity contribution in [3.63, 3.8) is 0 Å². The second kappa shape index (κ2) is 5.58. The van der Waals surface area contributed by atoms with Gasteiger partial charge in [0, 0.05) is 4.47 Å². The number of hydrogen-bond acceptors (Lipinski definition) is 3. The Hall–Kier alpha value is -2.12. The molecule has 8 heteroatoms. The molecule has 0 radical (unpaired) electrons. The van der Waals surface area contributed by atoms with Crippen molar-refractivity contribution in [2.24, 2.45) is 5.73 Å². The molecule has 1 aromatic heterocycles. The molecule has 0 bridgehead atoms. The lowest BCUT2D eigenvalue weighted by atomic mass is 10.1. The standard InChI is InChI=1S/C14H9BrClFN4O/c15-6-1-2-9(8(16)3-6)21-12-7(14(18)22)4-10-13(11(12)17)20-5-19-10/h1-5,21H,(H2,18,22)(H,19,20). The van der Waals surface area contributed by atoms with Gasteiger partial charge in [0.15, 0.2) is 5.82 Å². The first-order chi connectivity index (χ1) is 10.5. The lowest BCUT2D eigenvalue weighted by Gasteiger charge is -2.13. The maximum Gasteiger partial charge on any atom is 0.251 e. The maximum atomic E-state index is 14.6. The van der Waals surface area contributed by atoms with Gasteiger partial charge in [0.2, 0.25) is 0 Å². The van der Waals surface area contributed by atoms with Gasteiger partial charge in [0.1, 0.15) is 5.52 Å². The molecule has 3 rings (SSSR count). The number of anilines is 2. The van der Waals surface area contributed by atoms with Crippen LogP contribution in [0.25, 0.3) is 11.0 Å². The van der Waals surface area contributed by atoms with Crippen molar-refractivity contribution >= 4 is 55.8 Å². The van der Waals surface area contributed by atoms with Crippen LogP contribution in [0.3, 0.4) is 0 Å². The van der Waals surface area contributed by atoms with Crippen molar-refractivity contribution in [3.8, 4) is 0 Å². The lowest BCUT2D eigenvalue weighted by Crippen LogP contribution is -2.14. The van der Waals surface area contributed by atoms with Crippen LogP contribution in [0.2, 0.25) is 5.02 Å². The molecular formula is C14H9BrClFN4O.